The summed E-state index contributed by atoms with van der Waals surface area (Å²) in [7, 11) is -8.14. The molecular formula is C9H13NO6S2. The van der Waals surface area contributed by atoms with Gasteiger partial charge in [0.2, 0.25) is 0 Å². The second kappa shape index (κ2) is 5.65. The van der Waals surface area contributed by atoms with Gasteiger partial charge in [-0.15, -0.1) is 0 Å². The van der Waals surface area contributed by atoms with Gasteiger partial charge in [-0.1, -0.05) is 12.1 Å². The molecule has 0 aliphatic rings. The monoisotopic (exact) mass is 295 g/mol. The van der Waals surface area contributed by atoms with Gasteiger partial charge in [0.05, 0.1) is 18.1 Å². The van der Waals surface area contributed by atoms with E-state index in [1.165, 1.54) is 6.07 Å². The molecule has 0 saturated carbocycles. The Kier molecular flexibility index (Phi) is 4.68. The van der Waals surface area contributed by atoms with Crippen molar-refractivity contribution in [2.24, 2.45) is 0 Å². The van der Waals surface area contributed by atoms with Crippen LogP contribution in [0.5, 0.6) is 0 Å². The van der Waals surface area contributed by atoms with Gasteiger partial charge in [-0.25, -0.2) is 12.6 Å². The Morgan fingerprint density at radius 3 is 2.44 bits per heavy atom. The fraction of sp³-hybridized carbons (Fsp3) is 0.333. The first kappa shape index (κ1) is 14.9. The molecule has 3 N–H and O–H groups in total. The molecule has 1 rings (SSSR count). The highest BCUT2D eigenvalue weighted by Crippen LogP contribution is 2.11. The Morgan fingerprint density at radius 2 is 1.89 bits per heavy atom. The van der Waals surface area contributed by atoms with Crippen LogP contribution in [0.3, 0.4) is 0 Å². The molecule has 9 heteroatoms. The summed E-state index contributed by atoms with van der Waals surface area (Å²) in [6, 6.07) is 6.35. The second-order valence-corrected chi connectivity index (χ2v) is 6.86. The number of nitrogens with two attached hydrogens (primary N) is 1. The van der Waals surface area contributed by atoms with Crippen LogP contribution in [0, 0.1) is 0 Å². The minimum absolute atomic E-state index is 0.271. The predicted octanol–water partition coefficient (Wildman–Crippen LogP) is 0.00300. The molecule has 0 unspecified atom stereocenters. The first-order valence-corrected chi connectivity index (χ1v) is 8.03. The van der Waals surface area contributed by atoms with E-state index in [0.717, 1.165) is 0 Å². The summed E-state index contributed by atoms with van der Waals surface area (Å²) in [5.74, 6) is -0.783. The molecule has 102 valence electrons. The van der Waals surface area contributed by atoms with E-state index in [2.05, 4.69) is 4.18 Å². The number of anilines is 1. The Morgan fingerprint density at radius 1 is 1.22 bits per heavy atom. The summed E-state index contributed by atoms with van der Waals surface area (Å²) in [6.07, 6.45) is 0. The second-order valence-electron chi connectivity index (χ2n) is 3.59. The van der Waals surface area contributed by atoms with Gasteiger partial charge in [0, 0.05) is 5.69 Å². The van der Waals surface area contributed by atoms with Crippen molar-refractivity contribution in [1.82, 2.24) is 0 Å². The van der Waals surface area contributed by atoms with E-state index in [-0.39, 0.29) is 5.75 Å². The number of hydrogen-bond donors (Lipinski definition) is 2. The van der Waals surface area contributed by atoms with Crippen molar-refractivity contribution in [3.63, 3.8) is 0 Å². The third-order valence-electron chi connectivity index (χ3n) is 1.96. The molecule has 0 aliphatic heterocycles. The third-order valence-corrected chi connectivity index (χ3v) is 3.99. The first-order valence-electron chi connectivity index (χ1n) is 4.85. The lowest BCUT2D eigenvalue weighted by Crippen LogP contribution is -2.16. The number of benzene rings is 1. The van der Waals surface area contributed by atoms with Crippen molar-refractivity contribution in [3.05, 3.63) is 29.8 Å². The van der Waals surface area contributed by atoms with Crippen LogP contribution in [0.4, 0.5) is 5.69 Å². The highest BCUT2D eigenvalue weighted by atomic mass is 32.3. The number of sulfone groups is 1. The van der Waals surface area contributed by atoms with Crippen molar-refractivity contribution >= 4 is 25.9 Å². The van der Waals surface area contributed by atoms with E-state index in [4.69, 9.17) is 10.3 Å². The molecule has 0 fully saturated rings. The molecule has 0 aliphatic carbocycles. The van der Waals surface area contributed by atoms with Crippen molar-refractivity contribution in [1.29, 1.82) is 0 Å². The first-order chi connectivity index (χ1) is 8.18. The number of rotatable bonds is 6. The summed E-state index contributed by atoms with van der Waals surface area (Å²) in [4.78, 5) is 0. The zero-order valence-electron chi connectivity index (χ0n) is 9.31. The van der Waals surface area contributed by atoms with Crippen LogP contribution in [0.1, 0.15) is 5.56 Å². The van der Waals surface area contributed by atoms with Gasteiger partial charge in [-0.2, -0.15) is 8.42 Å². The Bertz CT molecular complexity index is 608. The maximum atomic E-state index is 11.6. The van der Waals surface area contributed by atoms with E-state index >= 15 is 0 Å². The van der Waals surface area contributed by atoms with E-state index in [9.17, 15) is 16.8 Å². The van der Waals surface area contributed by atoms with Crippen LogP contribution in [-0.4, -0.2) is 33.7 Å². The summed E-state index contributed by atoms with van der Waals surface area (Å²) >= 11 is 0. The molecule has 0 spiro atoms. The van der Waals surface area contributed by atoms with Gasteiger partial charge in [0.1, 0.15) is 0 Å². The average molecular weight is 295 g/mol. The van der Waals surface area contributed by atoms with Crippen LogP contribution >= 0.6 is 0 Å². The lowest BCUT2D eigenvalue weighted by atomic mass is 10.2. The topological polar surface area (TPSA) is 124 Å². The van der Waals surface area contributed by atoms with Crippen LogP contribution in [0.15, 0.2) is 24.3 Å². The van der Waals surface area contributed by atoms with Crippen molar-refractivity contribution < 1.29 is 25.6 Å². The van der Waals surface area contributed by atoms with E-state index in [0.29, 0.717) is 11.3 Å². The maximum Gasteiger partial charge on any atom is 0.397 e. The number of hydrogen-bond acceptors (Lipinski definition) is 6. The molecule has 0 radical (unpaired) electrons. The maximum absolute atomic E-state index is 11.6. The Balaban J connectivity index is 2.60. The molecule has 0 amide bonds. The Labute approximate surface area is 105 Å². The minimum Gasteiger partial charge on any atom is -0.399 e. The van der Waals surface area contributed by atoms with Gasteiger partial charge in [-0.3, -0.25) is 4.55 Å². The van der Waals surface area contributed by atoms with Gasteiger partial charge in [0.25, 0.3) is 0 Å². The summed E-state index contributed by atoms with van der Waals surface area (Å²) < 4.78 is 55.9. The van der Waals surface area contributed by atoms with Gasteiger partial charge in [-0.05, 0) is 17.7 Å². The average Bonchev–Trinajstić information content (AvgIpc) is 2.13. The molecule has 0 atom stereocenters. The smallest absolute Gasteiger partial charge is 0.397 e. The minimum atomic E-state index is -4.61. The van der Waals surface area contributed by atoms with Crippen LogP contribution < -0.4 is 5.73 Å². The van der Waals surface area contributed by atoms with Crippen molar-refractivity contribution in [2.75, 3.05) is 18.1 Å². The molecule has 1 aromatic rings. The zero-order chi connectivity index (χ0) is 13.8. The molecule has 0 aromatic heterocycles. The predicted molar refractivity (Wildman–Crippen MR) is 65.8 cm³/mol. The summed E-state index contributed by atoms with van der Waals surface area (Å²) in [5.41, 5.74) is 6.45. The van der Waals surface area contributed by atoms with Crippen LogP contribution in [0.2, 0.25) is 0 Å². The normalized spacial score (nSPS) is 12.5. The molecule has 18 heavy (non-hydrogen) atoms. The lowest BCUT2D eigenvalue weighted by Gasteiger charge is -2.05. The number of nitrogen functional groups attached to an aromatic ring is 1. The van der Waals surface area contributed by atoms with E-state index in [1.807, 2.05) is 0 Å². The SMILES string of the molecule is Nc1cccc(CS(=O)(=O)CCOS(=O)(=O)O)c1. The van der Waals surface area contributed by atoms with E-state index in [1.54, 1.807) is 18.2 Å². The van der Waals surface area contributed by atoms with E-state index < -0.39 is 32.6 Å². The fourth-order valence-corrected chi connectivity index (χ4v) is 2.84. The van der Waals surface area contributed by atoms with Crippen LogP contribution in [-0.2, 0) is 30.2 Å². The third kappa shape index (κ3) is 5.96. The summed E-state index contributed by atoms with van der Waals surface area (Å²) in [5, 5.41) is 0. The van der Waals surface area contributed by atoms with Gasteiger partial charge < -0.3 is 5.73 Å². The largest absolute Gasteiger partial charge is 0.399 e. The molecular weight excluding hydrogens is 282 g/mol. The Hall–Kier alpha value is -1.16. The van der Waals surface area contributed by atoms with Crippen molar-refractivity contribution in [2.45, 2.75) is 5.75 Å². The highest BCUT2D eigenvalue weighted by molar-refractivity contribution is 7.90. The fourth-order valence-electron chi connectivity index (χ4n) is 1.28. The van der Waals surface area contributed by atoms with Gasteiger partial charge in [0.15, 0.2) is 9.84 Å². The quantitative estimate of drug-likeness (QED) is 0.559. The standard InChI is InChI=1S/C9H13NO6S2/c10-9-3-1-2-8(6-9)7-17(11,12)5-4-16-18(13,14)15/h1-3,6H,4-5,7,10H2,(H,13,14,15). The molecule has 7 nitrogen and oxygen atoms in total. The molecule has 1 aromatic carbocycles. The van der Waals surface area contributed by atoms with Gasteiger partial charge >= 0.3 is 10.4 Å². The summed E-state index contributed by atoms with van der Waals surface area (Å²) in [6.45, 7) is -0.622. The lowest BCUT2D eigenvalue weighted by molar-refractivity contribution is 0.284. The zero-order valence-corrected chi connectivity index (χ0v) is 10.9. The van der Waals surface area contributed by atoms with Crippen LogP contribution in [0.25, 0.3) is 0 Å². The van der Waals surface area contributed by atoms with Crippen molar-refractivity contribution in [3.8, 4) is 0 Å². The molecule has 0 heterocycles. The molecule has 0 bridgehead atoms. The highest BCUT2D eigenvalue weighted by Gasteiger charge is 2.14. The molecule has 0 saturated heterocycles.